The third-order valence-corrected chi connectivity index (χ3v) is 4.95. The topological polar surface area (TPSA) is 43.4 Å². The summed E-state index contributed by atoms with van der Waals surface area (Å²) in [5, 5.41) is 0.264. The minimum absolute atomic E-state index is 0.121. The molecule has 3 nitrogen and oxygen atoms in total. The van der Waals surface area contributed by atoms with Crippen molar-refractivity contribution >= 4 is 16.8 Å². The van der Waals surface area contributed by atoms with Crippen LogP contribution < -0.4 is 0 Å². The van der Waals surface area contributed by atoms with Crippen molar-refractivity contribution in [3.05, 3.63) is 0 Å². The van der Waals surface area contributed by atoms with E-state index in [0.29, 0.717) is 18.9 Å². The number of esters is 1. The lowest BCUT2D eigenvalue weighted by atomic mass is 10.2. The van der Waals surface area contributed by atoms with E-state index in [0.717, 1.165) is 25.0 Å². The lowest BCUT2D eigenvalue weighted by Crippen LogP contribution is -2.19. The molecule has 102 valence electrons. The maximum Gasteiger partial charge on any atom is 0.305 e. The van der Waals surface area contributed by atoms with Gasteiger partial charge in [0.15, 0.2) is 0 Å². The quantitative estimate of drug-likeness (QED) is 0.474. The first kappa shape index (κ1) is 16.6. The van der Waals surface area contributed by atoms with E-state index in [2.05, 4.69) is 13.8 Å². The van der Waals surface area contributed by atoms with Crippen LogP contribution in [0.2, 0.25) is 0 Å². The first-order valence-corrected chi connectivity index (χ1v) is 7.90. The molecule has 0 aromatic rings. The van der Waals surface area contributed by atoms with Gasteiger partial charge < -0.3 is 4.74 Å². The fourth-order valence-corrected chi connectivity index (χ4v) is 2.88. The highest BCUT2D eigenvalue weighted by Gasteiger charge is 2.14. The van der Waals surface area contributed by atoms with Crippen LogP contribution in [0, 0.1) is 5.92 Å². The molecule has 0 aromatic heterocycles. The summed E-state index contributed by atoms with van der Waals surface area (Å²) in [4.78, 5) is 11.1. The summed E-state index contributed by atoms with van der Waals surface area (Å²) >= 11 is 0. The van der Waals surface area contributed by atoms with Crippen LogP contribution in [-0.4, -0.2) is 27.8 Å². The maximum absolute atomic E-state index is 11.8. The first-order chi connectivity index (χ1) is 7.99. The van der Waals surface area contributed by atoms with Gasteiger partial charge in [-0.25, -0.2) is 0 Å². The van der Waals surface area contributed by atoms with E-state index in [-0.39, 0.29) is 11.2 Å². The van der Waals surface area contributed by atoms with E-state index in [1.165, 1.54) is 0 Å². The summed E-state index contributed by atoms with van der Waals surface area (Å²) in [6.07, 6.45) is 3.21. The number of carbonyl (C=O) groups excluding carboxylic acids is 1. The van der Waals surface area contributed by atoms with E-state index in [9.17, 15) is 9.00 Å². The number of hydrogen-bond acceptors (Lipinski definition) is 3. The molecule has 0 aromatic carbocycles. The molecule has 0 spiro atoms. The van der Waals surface area contributed by atoms with Crippen LogP contribution in [0.1, 0.15) is 53.4 Å². The summed E-state index contributed by atoms with van der Waals surface area (Å²) in [5.41, 5.74) is 0. The Hall–Kier alpha value is -0.380. The van der Waals surface area contributed by atoms with Gasteiger partial charge in [0, 0.05) is 28.2 Å². The average Bonchev–Trinajstić information content (AvgIpc) is 2.27. The molecule has 2 atom stereocenters. The molecule has 0 bridgehead atoms. The van der Waals surface area contributed by atoms with Gasteiger partial charge in [0.25, 0.3) is 0 Å². The molecule has 0 aliphatic heterocycles. The first-order valence-electron chi connectivity index (χ1n) is 6.51. The van der Waals surface area contributed by atoms with Crippen molar-refractivity contribution in [1.82, 2.24) is 0 Å². The van der Waals surface area contributed by atoms with E-state index < -0.39 is 10.8 Å². The fourth-order valence-electron chi connectivity index (χ4n) is 1.41. The molecule has 4 heteroatoms. The van der Waals surface area contributed by atoms with Crippen LogP contribution in [0.25, 0.3) is 0 Å². The Balaban J connectivity index is 3.52. The van der Waals surface area contributed by atoms with Crippen molar-refractivity contribution < 1.29 is 13.7 Å². The van der Waals surface area contributed by atoms with Gasteiger partial charge in [-0.15, -0.1) is 0 Å². The van der Waals surface area contributed by atoms with Crippen molar-refractivity contribution in [3.8, 4) is 0 Å². The van der Waals surface area contributed by atoms with Crippen LogP contribution in [-0.2, 0) is 20.3 Å². The zero-order chi connectivity index (χ0) is 13.3. The van der Waals surface area contributed by atoms with Gasteiger partial charge in [-0.2, -0.15) is 0 Å². The second-order valence-corrected chi connectivity index (χ2v) is 6.56. The van der Waals surface area contributed by atoms with Crippen LogP contribution in [0.4, 0.5) is 0 Å². The van der Waals surface area contributed by atoms with Crippen LogP contribution in [0.3, 0.4) is 0 Å². The third-order valence-electron chi connectivity index (χ3n) is 2.89. The van der Waals surface area contributed by atoms with Gasteiger partial charge in [0.2, 0.25) is 0 Å². The van der Waals surface area contributed by atoms with E-state index >= 15 is 0 Å². The lowest BCUT2D eigenvalue weighted by Gasteiger charge is -2.14. The van der Waals surface area contributed by atoms with Gasteiger partial charge in [0.05, 0.1) is 6.61 Å². The van der Waals surface area contributed by atoms with E-state index in [1.54, 1.807) is 0 Å². The van der Waals surface area contributed by atoms with E-state index in [1.807, 2.05) is 13.8 Å². The van der Waals surface area contributed by atoms with Gasteiger partial charge in [-0.1, -0.05) is 27.2 Å². The fraction of sp³-hybridized carbons (Fsp3) is 0.923. The Bertz CT molecular complexity index is 239. The van der Waals surface area contributed by atoms with Gasteiger partial charge in [-0.05, 0) is 25.7 Å². The number of ether oxygens (including phenoxy) is 1. The summed E-state index contributed by atoms with van der Waals surface area (Å²) in [6, 6.07) is 0. The van der Waals surface area contributed by atoms with Gasteiger partial charge in [-0.3, -0.25) is 9.00 Å². The van der Waals surface area contributed by atoms with Crippen molar-refractivity contribution in [1.29, 1.82) is 0 Å². The predicted molar refractivity (Wildman–Crippen MR) is 72.4 cm³/mol. The van der Waals surface area contributed by atoms with Crippen molar-refractivity contribution in [2.75, 3.05) is 12.4 Å². The molecule has 0 saturated carbocycles. The highest BCUT2D eigenvalue weighted by molar-refractivity contribution is 7.85. The molecule has 0 radical (unpaired) electrons. The molecule has 17 heavy (non-hydrogen) atoms. The second kappa shape index (κ2) is 9.63. The van der Waals surface area contributed by atoms with Crippen LogP contribution in [0.5, 0.6) is 0 Å². The number of unbranched alkanes of at least 4 members (excludes halogenated alkanes) is 2. The Morgan fingerprint density at radius 3 is 2.35 bits per heavy atom. The molecule has 0 saturated heterocycles. The Labute approximate surface area is 108 Å². The number of carbonyl (C=O) groups is 1. The standard InChI is InChI=1S/C13H26O3S/c1-5-16-13(14)9-7-6-8-10-17(15)12(4)11(2)3/h11-12H,5-10H2,1-4H3. The predicted octanol–water partition coefficient (Wildman–Crippen LogP) is 2.90. The SMILES string of the molecule is CCOC(=O)CCCCCS(=O)C(C)C(C)C. The summed E-state index contributed by atoms with van der Waals surface area (Å²) in [7, 11) is -0.729. The molecular formula is C13H26O3S. The van der Waals surface area contributed by atoms with Gasteiger partial charge in [0.1, 0.15) is 0 Å². The molecule has 0 fully saturated rings. The second-order valence-electron chi connectivity index (χ2n) is 4.65. The molecule has 0 heterocycles. The summed E-state index contributed by atoms with van der Waals surface area (Å²) in [6.45, 7) is 8.51. The molecule has 2 unspecified atom stereocenters. The molecule has 0 aliphatic carbocycles. The lowest BCUT2D eigenvalue weighted by molar-refractivity contribution is -0.143. The minimum atomic E-state index is -0.729. The minimum Gasteiger partial charge on any atom is -0.466 e. The Kier molecular flexibility index (Phi) is 9.41. The third kappa shape index (κ3) is 8.36. The maximum atomic E-state index is 11.8. The van der Waals surface area contributed by atoms with Crippen LogP contribution in [0.15, 0.2) is 0 Å². The average molecular weight is 262 g/mol. The Morgan fingerprint density at radius 2 is 1.82 bits per heavy atom. The molecule has 0 aliphatic rings. The molecule has 0 amide bonds. The Morgan fingerprint density at radius 1 is 1.18 bits per heavy atom. The van der Waals surface area contributed by atoms with E-state index in [4.69, 9.17) is 4.74 Å². The van der Waals surface area contributed by atoms with Crippen molar-refractivity contribution in [2.45, 2.75) is 58.6 Å². The summed E-state index contributed by atoms with van der Waals surface area (Å²) in [5.74, 6) is 1.10. The number of hydrogen-bond donors (Lipinski definition) is 0. The molecular weight excluding hydrogens is 236 g/mol. The number of rotatable bonds is 9. The van der Waals surface area contributed by atoms with Crippen LogP contribution >= 0.6 is 0 Å². The summed E-state index contributed by atoms with van der Waals surface area (Å²) < 4.78 is 16.6. The molecule has 0 N–H and O–H groups in total. The van der Waals surface area contributed by atoms with Gasteiger partial charge >= 0.3 is 5.97 Å². The monoisotopic (exact) mass is 262 g/mol. The smallest absolute Gasteiger partial charge is 0.305 e. The molecule has 0 rings (SSSR count). The highest BCUT2D eigenvalue weighted by Crippen LogP contribution is 2.11. The zero-order valence-electron chi connectivity index (χ0n) is 11.5. The zero-order valence-corrected chi connectivity index (χ0v) is 12.3. The highest BCUT2D eigenvalue weighted by atomic mass is 32.2. The normalized spacial score (nSPS) is 14.6. The van der Waals surface area contributed by atoms with Crippen molar-refractivity contribution in [3.63, 3.8) is 0 Å². The largest absolute Gasteiger partial charge is 0.466 e. The van der Waals surface area contributed by atoms with Crippen molar-refractivity contribution in [2.24, 2.45) is 5.92 Å².